The van der Waals surface area contributed by atoms with E-state index in [1.54, 1.807) is 14.1 Å². The summed E-state index contributed by atoms with van der Waals surface area (Å²) < 4.78 is -0.304. The van der Waals surface area contributed by atoms with E-state index in [9.17, 15) is 24.6 Å². The number of carbonyl (C=O) groups excluding carboxylic acids is 1. The fraction of sp³-hybridized carbons (Fsp3) is 0.875. The number of carboxylic acid groups (broad SMARTS) is 2. The molecule has 0 aliphatic heterocycles. The summed E-state index contributed by atoms with van der Waals surface area (Å²) in [5, 5.41) is 22.5. The Balaban J connectivity index is 4.84. The summed E-state index contributed by atoms with van der Waals surface area (Å²) in [6, 6.07) is -0.355. The van der Waals surface area contributed by atoms with Crippen LogP contribution in [0.4, 0.5) is 0 Å². The quantitative estimate of drug-likeness (QED) is 0.173. The molecule has 7 nitrogen and oxygen atoms in total. The highest BCUT2D eigenvalue weighted by Gasteiger charge is 2.63. The van der Waals surface area contributed by atoms with Crippen LogP contribution < -0.4 is 5.32 Å². The number of rotatable bonds is 17. The van der Waals surface area contributed by atoms with E-state index >= 15 is 0 Å². The van der Waals surface area contributed by atoms with Crippen molar-refractivity contribution < 1.29 is 29.1 Å². The lowest BCUT2D eigenvalue weighted by Crippen LogP contribution is -2.77. The number of unbranched alkanes of at least 4 members (excludes halogenated alkanes) is 8. The first-order valence-corrected chi connectivity index (χ1v) is 11.9. The molecule has 0 aromatic rings. The van der Waals surface area contributed by atoms with Crippen LogP contribution in [0.25, 0.3) is 0 Å². The summed E-state index contributed by atoms with van der Waals surface area (Å²) in [5.74, 6) is -2.85. The number of nitrogens with zero attached hydrogens (tertiary/aromatic N) is 1. The zero-order chi connectivity index (χ0) is 24.3. The van der Waals surface area contributed by atoms with Gasteiger partial charge in [-0.3, -0.25) is 9.28 Å². The Bertz CT molecular complexity index is 573. The highest BCUT2D eigenvalue weighted by atomic mass is 16.4. The van der Waals surface area contributed by atoms with Gasteiger partial charge in [-0.2, -0.15) is 0 Å². The molecule has 182 valence electrons. The Morgan fingerprint density at radius 1 is 0.806 bits per heavy atom. The second-order valence-electron chi connectivity index (χ2n) is 9.90. The third-order valence-corrected chi connectivity index (χ3v) is 7.50. The average Bonchev–Trinajstić information content (AvgIpc) is 2.69. The summed E-state index contributed by atoms with van der Waals surface area (Å²) in [5.41, 5.74) is -2.87. The van der Waals surface area contributed by atoms with Gasteiger partial charge in [0.15, 0.2) is 0 Å². The Labute approximate surface area is 189 Å². The maximum atomic E-state index is 12.6. The minimum atomic E-state index is -2.04. The van der Waals surface area contributed by atoms with Crippen molar-refractivity contribution in [2.45, 2.75) is 122 Å². The van der Waals surface area contributed by atoms with E-state index in [0.29, 0.717) is 12.8 Å². The van der Waals surface area contributed by atoms with Gasteiger partial charge in [-0.05, 0) is 26.7 Å². The van der Waals surface area contributed by atoms with Crippen LogP contribution in [0.2, 0.25) is 0 Å². The molecule has 0 aliphatic carbocycles. The van der Waals surface area contributed by atoms with Crippen LogP contribution in [0.1, 0.15) is 105 Å². The summed E-state index contributed by atoms with van der Waals surface area (Å²) in [7, 11) is 3.22. The first-order valence-electron chi connectivity index (χ1n) is 11.9. The van der Waals surface area contributed by atoms with Crippen LogP contribution in [0.15, 0.2) is 0 Å². The lowest BCUT2D eigenvalue weighted by atomic mass is 9.82. The third-order valence-electron chi connectivity index (χ3n) is 7.50. The Morgan fingerprint density at radius 3 is 1.61 bits per heavy atom. The Kier molecular flexibility index (Phi) is 12.4. The summed E-state index contributed by atoms with van der Waals surface area (Å²) in [6.07, 6.45) is 11.7. The molecule has 0 rings (SSSR count). The second kappa shape index (κ2) is 13.0. The van der Waals surface area contributed by atoms with Gasteiger partial charge < -0.3 is 15.5 Å². The van der Waals surface area contributed by atoms with E-state index in [1.165, 1.54) is 45.4 Å². The van der Waals surface area contributed by atoms with E-state index in [-0.39, 0.29) is 16.4 Å². The molecule has 3 N–H and O–H groups in total. The van der Waals surface area contributed by atoms with Gasteiger partial charge >= 0.3 is 11.9 Å². The average molecular weight is 444 g/mol. The SMILES string of the molecule is CCCCCCCCCCCC(=O)NC(CC)C(C)(C)[N+](C)(C)C(C)(C(=O)O)C(=O)O. The lowest BCUT2D eigenvalue weighted by Gasteiger charge is -2.54. The zero-order valence-corrected chi connectivity index (χ0v) is 20.9. The number of aliphatic carboxylic acids is 2. The Hall–Kier alpha value is -1.63. The van der Waals surface area contributed by atoms with Gasteiger partial charge in [0.1, 0.15) is 5.54 Å². The van der Waals surface area contributed by atoms with Crippen molar-refractivity contribution in [3.8, 4) is 0 Å². The fourth-order valence-corrected chi connectivity index (χ4v) is 4.18. The van der Waals surface area contributed by atoms with E-state index in [4.69, 9.17) is 0 Å². The third kappa shape index (κ3) is 7.48. The highest BCUT2D eigenvalue weighted by Crippen LogP contribution is 2.35. The number of quaternary nitrogens is 1. The van der Waals surface area contributed by atoms with Crippen molar-refractivity contribution >= 4 is 17.8 Å². The smallest absolute Gasteiger partial charge is 0.377 e. The van der Waals surface area contributed by atoms with Gasteiger partial charge in [0, 0.05) is 13.3 Å². The molecule has 0 saturated carbocycles. The van der Waals surface area contributed by atoms with E-state index in [1.807, 2.05) is 20.8 Å². The number of carboxylic acids is 2. The van der Waals surface area contributed by atoms with Crippen molar-refractivity contribution in [1.29, 1.82) is 0 Å². The van der Waals surface area contributed by atoms with Crippen LogP contribution >= 0.6 is 0 Å². The molecule has 0 aliphatic rings. The largest absolute Gasteiger partial charge is 0.476 e. The molecule has 0 radical (unpaired) electrons. The van der Waals surface area contributed by atoms with E-state index < -0.39 is 23.0 Å². The van der Waals surface area contributed by atoms with Crippen molar-refractivity contribution in [2.75, 3.05) is 14.1 Å². The molecule has 7 heteroatoms. The predicted molar refractivity (Wildman–Crippen MR) is 124 cm³/mol. The molecular weight excluding hydrogens is 396 g/mol. The number of hydrogen-bond acceptors (Lipinski definition) is 3. The number of likely N-dealkylation sites (N-methyl/N-ethyl adjacent to an activating group) is 1. The highest BCUT2D eigenvalue weighted by molar-refractivity contribution is 6.01. The van der Waals surface area contributed by atoms with Crippen LogP contribution in [0.5, 0.6) is 0 Å². The minimum Gasteiger partial charge on any atom is -0.476 e. The van der Waals surface area contributed by atoms with Crippen LogP contribution in [-0.4, -0.2) is 63.8 Å². The maximum Gasteiger partial charge on any atom is 0.377 e. The topological polar surface area (TPSA) is 104 Å². The molecular formula is C24H47N2O5+. The van der Waals surface area contributed by atoms with Crippen LogP contribution in [-0.2, 0) is 14.4 Å². The Morgan fingerprint density at radius 2 is 1.23 bits per heavy atom. The molecule has 0 bridgehead atoms. The molecule has 0 aromatic carbocycles. The number of amides is 1. The van der Waals surface area contributed by atoms with Gasteiger partial charge in [0.25, 0.3) is 5.54 Å². The van der Waals surface area contributed by atoms with Crippen molar-refractivity contribution in [3.63, 3.8) is 0 Å². The molecule has 0 aromatic heterocycles. The standard InChI is InChI=1S/C24H46N2O5/c1-8-10-11-12-13-14-15-16-17-18-20(27)25-19(9-2)23(3,4)26(6,7)24(5,21(28)29)22(30)31/h19H,8-18H2,1-7H3,(H2-,25,27,28,29,30,31)/p+1. The van der Waals surface area contributed by atoms with Crippen molar-refractivity contribution in [2.24, 2.45) is 0 Å². The molecule has 1 atom stereocenters. The first kappa shape index (κ1) is 29.4. The molecule has 0 saturated heterocycles. The van der Waals surface area contributed by atoms with Crippen LogP contribution in [0, 0.1) is 0 Å². The van der Waals surface area contributed by atoms with Gasteiger partial charge in [-0.25, -0.2) is 9.59 Å². The lowest BCUT2D eigenvalue weighted by molar-refractivity contribution is -0.967. The van der Waals surface area contributed by atoms with Gasteiger partial charge in [-0.1, -0.05) is 65.2 Å². The molecule has 0 heterocycles. The normalized spacial score (nSPS) is 13.6. The zero-order valence-electron chi connectivity index (χ0n) is 20.9. The monoisotopic (exact) mass is 443 g/mol. The van der Waals surface area contributed by atoms with Crippen molar-refractivity contribution in [1.82, 2.24) is 5.32 Å². The minimum absolute atomic E-state index is 0.0600. The number of nitrogens with one attached hydrogen (secondary N) is 1. The summed E-state index contributed by atoms with van der Waals surface area (Å²) >= 11 is 0. The number of hydrogen-bond donors (Lipinski definition) is 3. The molecule has 0 spiro atoms. The fourth-order valence-electron chi connectivity index (χ4n) is 4.18. The van der Waals surface area contributed by atoms with Gasteiger partial charge in [-0.15, -0.1) is 0 Å². The second-order valence-corrected chi connectivity index (χ2v) is 9.90. The summed E-state index contributed by atoms with van der Waals surface area (Å²) in [4.78, 5) is 36.4. The van der Waals surface area contributed by atoms with Gasteiger partial charge in [0.05, 0.1) is 20.1 Å². The van der Waals surface area contributed by atoms with E-state index in [2.05, 4.69) is 12.2 Å². The molecule has 1 amide bonds. The van der Waals surface area contributed by atoms with Crippen molar-refractivity contribution in [3.05, 3.63) is 0 Å². The van der Waals surface area contributed by atoms with Crippen LogP contribution in [0.3, 0.4) is 0 Å². The number of carbonyl (C=O) groups is 3. The molecule has 1 unspecified atom stereocenters. The summed E-state index contributed by atoms with van der Waals surface area (Å²) in [6.45, 7) is 9.01. The maximum absolute atomic E-state index is 12.6. The molecule has 31 heavy (non-hydrogen) atoms. The first-order chi connectivity index (χ1) is 14.3. The van der Waals surface area contributed by atoms with Gasteiger partial charge in [0.2, 0.25) is 5.91 Å². The van der Waals surface area contributed by atoms with E-state index in [0.717, 1.165) is 19.3 Å². The predicted octanol–water partition coefficient (Wildman–Crippen LogP) is 4.59. The molecule has 0 fully saturated rings.